The molecular formula is C18H26N2O4. The highest BCUT2D eigenvalue weighted by atomic mass is 16.5. The van der Waals surface area contributed by atoms with Gasteiger partial charge in [0.2, 0.25) is 0 Å². The Morgan fingerprint density at radius 3 is 2.71 bits per heavy atom. The summed E-state index contributed by atoms with van der Waals surface area (Å²) in [6, 6.07) is 9.04. The van der Waals surface area contributed by atoms with Crippen molar-refractivity contribution in [2.45, 2.75) is 44.9 Å². The van der Waals surface area contributed by atoms with Gasteiger partial charge in [0.05, 0.1) is 12.1 Å². The predicted molar refractivity (Wildman–Crippen MR) is 90.4 cm³/mol. The molecular weight excluding hydrogens is 308 g/mol. The average Bonchev–Trinajstić information content (AvgIpc) is 2.93. The summed E-state index contributed by atoms with van der Waals surface area (Å²) >= 11 is 0. The first-order chi connectivity index (χ1) is 11.6. The zero-order valence-electron chi connectivity index (χ0n) is 14.0. The minimum absolute atomic E-state index is 0.0403. The zero-order chi connectivity index (χ0) is 17.4. The molecule has 1 aromatic rings. The molecule has 1 fully saturated rings. The fraction of sp³-hybridized carbons (Fsp3) is 0.556. The Bertz CT molecular complexity index is 535. The van der Waals surface area contributed by atoms with Crippen LogP contribution in [0.2, 0.25) is 0 Å². The van der Waals surface area contributed by atoms with Crippen LogP contribution in [0.1, 0.15) is 31.7 Å². The largest absolute Gasteiger partial charge is 0.445 e. The number of hydrogen-bond donors (Lipinski definition) is 3. The van der Waals surface area contributed by atoms with Gasteiger partial charge in [-0.25, -0.2) is 4.79 Å². The van der Waals surface area contributed by atoms with Gasteiger partial charge in [0.1, 0.15) is 6.61 Å². The molecule has 0 aromatic heterocycles. The van der Waals surface area contributed by atoms with E-state index in [1.54, 1.807) is 0 Å². The lowest BCUT2D eigenvalue weighted by atomic mass is 9.98. The van der Waals surface area contributed by atoms with Crippen LogP contribution < -0.4 is 10.6 Å². The first kappa shape index (κ1) is 18.4. The van der Waals surface area contributed by atoms with Crippen molar-refractivity contribution in [3.63, 3.8) is 0 Å². The second kappa shape index (κ2) is 9.39. The molecule has 6 nitrogen and oxygen atoms in total. The van der Waals surface area contributed by atoms with Crippen molar-refractivity contribution < 1.29 is 19.4 Å². The van der Waals surface area contributed by atoms with Gasteiger partial charge in [-0.3, -0.25) is 4.79 Å². The lowest BCUT2D eigenvalue weighted by molar-refractivity contribution is -0.123. The van der Waals surface area contributed by atoms with Gasteiger partial charge in [-0.1, -0.05) is 37.3 Å². The molecule has 0 aliphatic carbocycles. The van der Waals surface area contributed by atoms with E-state index in [0.717, 1.165) is 5.56 Å². The molecule has 0 saturated carbocycles. The summed E-state index contributed by atoms with van der Waals surface area (Å²) in [5.41, 5.74) is 0.940. The van der Waals surface area contributed by atoms with E-state index in [9.17, 15) is 14.7 Å². The molecule has 1 heterocycles. The van der Waals surface area contributed by atoms with Crippen LogP contribution in [0.5, 0.6) is 0 Å². The maximum Gasteiger partial charge on any atom is 0.407 e. The van der Waals surface area contributed by atoms with Crippen LogP contribution in [0.4, 0.5) is 4.79 Å². The number of carbonyl (C=O) groups is 2. The van der Waals surface area contributed by atoms with E-state index < -0.39 is 18.2 Å². The van der Waals surface area contributed by atoms with Crippen molar-refractivity contribution >= 4 is 11.9 Å². The van der Waals surface area contributed by atoms with Crippen LogP contribution in [0.25, 0.3) is 0 Å². The number of Topliss-reactive ketones (excluding diaryl/α,β-unsaturated/α-hetero) is 1. The molecule has 1 saturated heterocycles. The number of aliphatic hydroxyl groups excluding tert-OH is 1. The maximum absolute atomic E-state index is 12.0. The molecule has 132 valence electrons. The van der Waals surface area contributed by atoms with E-state index in [4.69, 9.17) is 4.74 Å². The molecule has 1 aliphatic rings. The number of alkyl carbamates (subject to hydrolysis) is 1. The van der Waals surface area contributed by atoms with Gasteiger partial charge in [0.25, 0.3) is 0 Å². The molecule has 2 rings (SSSR count). The molecule has 2 unspecified atom stereocenters. The fourth-order valence-corrected chi connectivity index (χ4v) is 2.73. The predicted octanol–water partition coefficient (Wildman–Crippen LogP) is 1.62. The first-order valence-electron chi connectivity index (χ1n) is 8.46. The number of hydrogen-bond acceptors (Lipinski definition) is 5. The van der Waals surface area contributed by atoms with E-state index in [0.29, 0.717) is 32.4 Å². The van der Waals surface area contributed by atoms with Crippen LogP contribution in [0.3, 0.4) is 0 Å². The average molecular weight is 334 g/mol. The molecule has 0 radical (unpaired) electrons. The number of rotatable bonds is 8. The van der Waals surface area contributed by atoms with Crippen molar-refractivity contribution in [1.29, 1.82) is 0 Å². The van der Waals surface area contributed by atoms with Gasteiger partial charge in [0, 0.05) is 19.5 Å². The molecule has 1 aromatic carbocycles. The van der Waals surface area contributed by atoms with Crippen LogP contribution in [0, 0.1) is 5.92 Å². The quantitative estimate of drug-likeness (QED) is 0.629. The summed E-state index contributed by atoms with van der Waals surface area (Å²) in [4.78, 5) is 23.6. The molecule has 6 heteroatoms. The van der Waals surface area contributed by atoms with Crippen LogP contribution >= 0.6 is 0 Å². The minimum Gasteiger partial charge on any atom is -0.445 e. The number of ketones is 1. The van der Waals surface area contributed by atoms with Gasteiger partial charge in [-0.2, -0.15) is 0 Å². The third kappa shape index (κ3) is 5.62. The fourth-order valence-electron chi connectivity index (χ4n) is 2.73. The van der Waals surface area contributed by atoms with Crippen molar-refractivity contribution in [2.75, 3.05) is 13.1 Å². The third-order valence-electron chi connectivity index (χ3n) is 4.26. The number of benzene rings is 1. The minimum atomic E-state index is -0.594. The Labute approximate surface area is 142 Å². The van der Waals surface area contributed by atoms with Crippen molar-refractivity contribution in [1.82, 2.24) is 10.6 Å². The SMILES string of the molecule is CC1CN[C@@H](C(=O)CCCCNC(=O)OCc2ccccc2)C1O. The van der Waals surface area contributed by atoms with Crippen molar-refractivity contribution in [3.05, 3.63) is 35.9 Å². The zero-order valence-corrected chi connectivity index (χ0v) is 14.0. The molecule has 1 amide bonds. The Kier molecular flexibility index (Phi) is 7.21. The maximum atomic E-state index is 12.0. The second-order valence-electron chi connectivity index (χ2n) is 6.27. The van der Waals surface area contributed by atoms with Gasteiger partial charge >= 0.3 is 6.09 Å². The number of ether oxygens (including phenoxy) is 1. The Balaban J connectivity index is 1.53. The van der Waals surface area contributed by atoms with E-state index in [-0.39, 0.29) is 18.3 Å². The van der Waals surface area contributed by atoms with E-state index in [2.05, 4.69) is 10.6 Å². The lowest BCUT2D eigenvalue weighted by Crippen LogP contribution is -2.39. The Morgan fingerprint density at radius 2 is 2.04 bits per heavy atom. The van der Waals surface area contributed by atoms with E-state index in [1.165, 1.54) is 0 Å². The smallest absolute Gasteiger partial charge is 0.407 e. The number of carbonyl (C=O) groups excluding carboxylic acids is 2. The van der Waals surface area contributed by atoms with Crippen molar-refractivity contribution in [2.24, 2.45) is 5.92 Å². The van der Waals surface area contributed by atoms with Crippen LogP contribution in [-0.4, -0.2) is 42.2 Å². The van der Waals surface area contributed by atoms with Crippen LogP contribution in [0.15, 0.2) is 30.3 Å². The Morgan fingerprint density at radius 1 is 1.29 bits per heavy atom. The molecule has 0 bridgehead atoms. The van der Waals surface area contributed by atoms with Gasteiger partial charge in [0.15, 0.2) is 5.78 Å². The number of unbranched alkanes of at least 4 members (excludes halogenated alkanes) is 1. The summed E-state index contributed by atoms with van der Waals surface area (Å²) in [6.07, 6.45) is 0.736. The molecule has 3 atom stereocenters. The summed E-state index contributed by atoms with van der Waals surface area (Å²) in [5.74, 6) is 0.151. The summed E-state index contributed by atoms with van der Waals surface area (Å²) in [7, 11) is 0. The van der Waals surface area contributed by atoms with Crippen LogP contribution in [-0.2, 0) is 16.1 Å². The monoisotopic (exact) mass is 334 g/mol. The summed E-state index contributed by atoms with van der Waals surface area (Å²) in [6.45, 7) is 3.31. The topological polar surface area (TPSA) is 87.7 Å². The van der Waals surface area contributed by atoms with E-state index in [1.807, 2.05) is 37.3 Å². The highest BCUT2D eigenvalue weighted by Crippen LogP contribution is 2.16. The summed E-state index contributed by atoms with van der Waals surface area (Å²) < 4.78 is 5.10. The van der Waals surface area contributed by atoms with Crippen molar-refractivity contribution in [3.8, 4) is 0 Å². The highest BCUT2D eigenvalue weighted by Gasteiger charge is 2.35. The Hall–Kier alpha value is -1.92. The summed E-state index contributed by atoms with van der Waals surface area (Å²) in [5, 5.41) is 15.6. The number of amides is 1. The van der Waals surface area contributed by atoms with Gasteiger partial charge < -0.3 is 20.5 Å². The highest BCUT2D eigenvalue weighted by molar-refractivity contribution is 5.85. The first-order valence-corrected chi connectivity index (χ1v) is 8.46. The third-order valence-corrected chi connectivity index (χ3v) is 4.26. The normalized spacial score (nSPS) is 23.0. The number of nitrogens with one attached hydrogen (secondary N) is 2. The standard InChI is InChI=1S/C18H26N2O4/c1-13-11-20-16(17(13)22)15(21)9-5-6-10-19-18(23)24-12-14-7-3-2-4-8-14/h2-4,7-8,13,16-17,20,22H,5-6,9-12H2,1H3,(H,19,23)/t13?,16-,17?/m0/s1. The molecule has 0 spiro atoms. The number of aliphatic hydroxyl groups is 1. The molecule has 1 aliphatic heterocycles. The lowest BCUT2D eigenvalue weighted by Gasteiger charge is -2.15. The molecule has 3 N–H and O–H groups in total. The molecule has 24 heavy (non-hydrogen) atoms. The second-order valence-corrected chi connectivity index (χ2v) is 6.27. The van der Waals surface area contributed by atoms with E-state index >= 15 is 0 Å². The van der Waals surface area contributed by atoms with Gasteiger partial charge in [-0.05, 0) is 24.3 Å². The van der Waals surface area contributed by atoms with Gasteiger partial charge in [-0.15, -0.1) is 0 Å².